The van der Waals surface area contributed by atoms with Crippen LogP contribution in [0.4, 0.5) is 0 Å². The van der Waals surface area contributed by atoms with Crippen LogP contribution in [0.25, 0.3) is 10.2 Å². The van der Waals surface area contributed by atoms with Crippen LogP contribution in [0.5, 0.6) is 0 Å². The van der Waals surface area contributed by atoms with E-state index in [2.05, 4.69) is 10.9 Å². The highest BCUT2D eigenvalue weighted by Crippen LogP contribution is 2.22. The molecule has 0 saturated carbocycles. The molecule has 27 heavy (non-hydrogen) atoms. The maximum Gasteiger partial charge on any atom is 0.252 e. The van der Waals surface area contributed by atoms with E-state index in [0.29, 0.717) is 14.5 Å². The van der Waals surface area contributed by atoms with Crippen molar-refractivity contribution < 1.29 is 13.2 Å². The van der Waals surface area contributed by atoms with Crippen LogP contribution in [0, 0.1) is 12.3 Å². The van der Waals surface area contributed by atoms with Gasteiger partial charge in [-0.15, -0.1) is 6.42 Å². The average Bonchev–Trinajstić information content (AvgIpc) is 2.93. The molecule has 0 radical (unpaired) electrons. The number of fused-ring (bicyclic) bond motifs is 1. The molecule has 0 unspecified atom stereocenters. The summed E-state index contributed by atoms with van der Waals surface area (Å²) in [6, 6.07) is 11.8. The zero-order valence-corrected chi connectivity index (χ0v) is 16.7. The lowest BCUT2D eigenvalue weighted by Crippen LogP contribution is -2.17. The number of thiazole rings is 1. The quantitative estimate of drug-likeness (QED) is 0.611. The van der Waals surface area contributed by atoms with Crippen LogP contribution in [0.1, 0.15) is 5.56 Å². The Morgan fingerprint density at radius 3 is 2.59 bits per heavy atom. The van der Waals surface area contributed by atoms with Gasteiger partial charge in [-0.2, -0.15) is 4.99 Å². The minimum Gasteiger partial charge on any atom is -0.305 e. The summed E-state index contributed by atoms with van der Waals surface area (Å²) in [6.07, 6.45) is 6.73. The third kappa shape index (κ3) is 4.48. The number of nitrogens with zero attached hydrogens (tertiary/aromatic N) is 2. The topological polar surface area (TPSA) is 68.5 Å². The van der Waals surface area contributed by atoms with E-state index in [1.165, 1.54) is 17.4 Å². The maximum atomic E-state index is 12.4. The number of carbonyl (C=O) groups excluding carboxylic acids is 1. The van der Waals surface area contributed by atoms with Gasteiger partial charge in [0.25, 0.3) is 5.91 Å². The van der Waals surface area contributed by atoms with Crippen molar-refractivity contribution in [2.75, 3.05) is 6.26 Å². The van der Waals surface area contributed by atoms with Gasteiger partial charge in [-0.05, 0) is 35.9 Å². The van der Waals surface area contributed by atoms with E-state index >= 15 is 0 Å². The van der Waals surface area contributed by atoms with Crippen molar-refractivity contribution in [2.45, 2.75) is 17.9 Å². The van der Waals surface area contributed by atoms with Crippen molar-refractivity contribution in [3.05, 3.63) is 57.9 Å². The van der Waals surface area contributed by atoms with Crippen molar-refractivity contribution in [3.63, 3.8) is 0 Å². The molecule has 2 aromatic carbocycles. The van der Waals surface area contributed by atoms with Crippen molar-refractivity contribution in [1.29, 1.82) is 0 Å². The number of benzene rings is 2. The van der Waals surface area contributed by atoms with E-state index in [9.17, 15) is 13.2 Å². The zero-order valence-electron chi connectivity index (χ0n) is 14.3. The number of carbonyl (C=O) groups is 1. The summed E-state index contributed by atoms with van der Waals surface area (Å²) in [5, 5.41) is 0.598. The molecule has 1 amide bonds. The standard InChI is InChI=1S/C19H15ClN2O3S2/c1-3-10-22-16-9-8-15(27(2,24)25)12-17(16)26-19(22)21-18(23)11-13-4-6-14(20)7-5-13/h1,4-9,12H,10-11H2,2H3. The summed E-state index contributed by atoms with van der Waals surface area (Å²) >= 11 is 7.08. The highest BCUT2D eigenvalue weighted by atomic mass is 35.5. The van der Waals surface area contributed by atoms with Crippen LogP contribution < -0.4 is 4.80 Å². The highest BCUT2D eigenvalue weighted by Gasteiger charge is 2.12. The van der Waals surface area contributed by atoms with Crippen molar-refractivity contribution in [3.8, 4) is 12.3 Å². The molecular formula is C19H15ClN2O3S2. The van der Waals surface area contributed by atoms with Gasteiger partial charge in [0, 0.05) is 11.3 Å². The molecule has 8 heteroatoms. The first-order valence-electron chi connectivity index (χ1n) is 7.87. The summed E-state index contributed by atoms with van der Waals surface area (Å²) in [5.74, 6) is 2.22. The van der Waals surface area contributed by atoms with Gasteiger partial charge >= 0.3 is 0 Å². The molecule has 0 saturated heterocycles. The first-order chi connectivity index (χ1) is 12.8. The lowest BCUT2D eigenvalue weighted by molar-refractivity contribution is -0.117. The Hall–Kier alpha value is -2.40. The molecule has 3 aromatic rings. The molecule has 0 spiro atoms. The summed E-state index contributed by atoms with van der Waals surface area (Å²) in [6.45, 7) is 0.227. The zero-order chi connectivity index (χ0) is 19.6. The third-order valence-electron chi connectivity index (χ3n) is 3.82. The Bertz CT molecular complexity index is 1230. The monoisotopic (exact) mass is 418 g/mol. The fraction of sp³-hybridized carbons (Fsp3) is 0.158. The molecule has 0 aliphatic carbocycles. The Morgan fingerprint density at radius 1 is 1.26 bits per heavy atom. The summed E-state index contributed by atoms with van der Waals surface area (Å²) in [7, 11) is -3.33. The largest absolute Gasteiger partial charge is 0.305 e. The van der Waals surface area contributed by atoms with E-state index in [1.54, 1.807) is 41.0 Å². The minimum absolute atomic E-state index is 0.135. The predicted octanol–water partition coefficient (Wildman–Crippen LogP) is 3.06. The Kier molecular flexibility index (Phi) is 5.51. The van der Waals surface area contributed by atoms with Crippen molar-refractivity contribution in [2.24, 2.45) is 4.99 Å². The van der Waals surface area contributed by atoms with Gasteiger partial charge in [-0.25, -0.2) is 8.42 Å². The van der Waals surface area contributed by atoms with Crippen LogP contribution in [0.3, 0.4) is 0 Å². The van der Waals surface area contributed by atoms with Crippen LogP contribution in [0.2, 0.25) is 5.02 Å². The van der Waals surface area contributed by atoms with E-state index in [-0.39, 0.29) is 23.8 Å². The smallest absolute Gasteiger partial charge is 0.252 e. The second kappa shape index (κ2) is 7.69. The molecule has 1 heterocycles. The molecule has 5 nitrogen and oxygen atoms in total. The Morgan fingerprint density at radius 2 is 1.96 bits per heavy atom. The van der Waals surface area contributed by atoms with Gasteiger partial charge in [0.2, 0.25) is 0 Å². The van der Waals surface area contributed by atoms with E-state index in [1.807, 2.05) is 0 Å². The second-order valence-electron chi connectivity index (χ2n) is 5.89. The van der Waals surface area contributed by atoms with E-state index in [0.717, 1.165) is 17.3 Å². The number of rotatable bonds is 4. The van der Waals surface area contributed by atoms with E-state index < -0.39 is 9.84 Å². The van der Waals surface area contributed by atoms with Crippen LogP contribution in [-0.2, 0) is 27.6 Å². The van der Waals surface area contributed by atoms with Crippen molar-refractivity contribution in [1.82, 2.24) is 4.57 Å². The minimum atomic E-state index is -3.33. The van der Waals surface area contributed by atoms with Gasteiger partial charge in [0.05, 0.1) is 28.1 Å². The van der Waals surface area contributed by atoms with Gasteiger partial charge in [0.1, 0.15) is 0 Å². The fourth-order valence-electron chi connectivity index (χ4n) is 2.54. The number of hydrogen-bond acceptors (Lipinski definition) is 4. The molecule has 3 rings (SSSR count). The highest BCUT2D eigenvalue weighted by molar-refractivity contribution is 7.90. The first kappa shape index (κ1) is 19.4. The van der Waals surface area contributed by atoms with Gasteiger partial charge in [0.15, 0.2) is 14.6 Å². The summed E-state index contributed by atoms with van der Waals surface area (Å²) < 4.78 is 26.0. The number of hydrogen-bond donors (Lipinski definition) is 0. The lowest BCUT2D eigenvalue weighted by atomic mass is 10.1. The first-order valence-corrected chi connectivity index (χ1v) is 11.0. The molecule has 0 aliphatic rings. The van der Waals surface area contributed by atoms with Gasteiger partial charge < -0.3 is 4.57 Å². The number of aromatic nitrogens is 1. The SMILES string of the molecule is C#CCn1c(=NC(=O)Cc2ccc(Cl)cc2)sc2cc(S(C)(=O)=O)ccc21. The van der Waals surface area contributed by atoms with Gasteiger partial charge in [-0.3, -0.25) is 4.79 Å². The third-order valence-corrected chi connectivity index (χ3v) is 6.22. The van der Waals surface area contributed by atoms with Crippen LogP contribution in [-0.4, -0.2) is 25.1 Å². The molecule has 0 aliphatic heterocycles. The van der Waals surface area contributed by atoms with E-state index in [4.69, 9.17) is 18.0 Å². The van der Waals surface area contributed by atoms with Crippen molar-refractivity contribution >= 4 is 48.9 Å². The number of terminal acetylenes is 1. The summed E-state index contributed by atoms with van der Waals surface area (Å²) in [5.41, 5.74) is 1.54. The molecule has 0 fully saturated rings. The maximum absolute atomic E-state index is 12.4. The normalized spacial score (nSPS) is 12.3. The second-order valence-corrected chi connectivity index (χ2v) is 9.35. The number of amides is 1. The molecule has 0 atom stereocenters. The number of sulfone groups is 1. The predicted molar refractivity (Wildman–Crippen MR) is 107 cm³/mol. The average molecular weight is 419 g/mol. The molecule has 1 aromatic heterocycles. The fourth-order valence-corrected chi connectivity index (χ4v) is 4.47. The lowest BCUT2D eigenvalue weighted by Gasteiger charge is -2.01. The van der Waals surface area contributed by atoms with Gasteiger partial charge in [-0.1, -0.05) is 41.0 Å². The molecular weight excluding hydrogens is 404 g/mol. The molecule has 0 N–H and O–H groups in total. The Labute approximate surface area is 165 Å². The Balaban J connectivity index is 2.04. The molecule has 0 bridgehead atoms. The van der Waals surface area contributed by atoms with Crippen LogP contribution in [0.15, 0.2) is 52.4 Å². The summed E-state index contributed by atoms with van der Waals surface area (Å²) in [4.78, 5) is 17.2. The number of halogens is 1. The van der Waals surface area contributed by atoms with Crippen LogP contribution >= 0.6 is 22.9 Å². The molecule has 138 valence electrons.